The zero-order chi connectivity index (χ0) is 17.4. The lowest BCUT2D eigenvalue weighted by Crippen LogP contribution is -2.33. The second kappa shape index (κ2) is 6.66. The molecule has 1 amide bonds. The fourth-order valence-corrected chi connectivity index (χ4v) is 3.75. The van der Waals surface area contributed by atoms with Gasteiger partial charge in [-0.05, 0) is 55.6 Å². The molecule has 1 heterocycles. The number of hydrogen-bond acceptors (Lipinski definition) is 2. The second-order valence-corrected chi connectivity index (χ2v) is 7.80. The lowest BCUT2D eigenvalue weighted by Gasteiger charge is -2.23. The number of nitrogens with one attached hydrogen (secondary N) is 1. The van der Waals surface area contributed by atoms with E-state index in [2.05, 4.69) is 48.3 Å². The van der Waals surface area contributed by atoms with E-state index < -0.39 is 0 Å². The Labute approximate surface area is 149 Å². The van der Waals surface area contributed by atoms with Gasteiger partial charge in [0.25, 0.3) is 5.91 Å². The van der Waals surface area contributed by atoms with E-state index >= 15 is 0 Å². The number of aromatic nitrogens is 2. The van der Waals surface area contributed by atoms with Gasteiger partial charge in [0, 0.05) is 23.8 Å². The van der Waals surface area contributed by atoms with Gasteiger partial charge >= 0.3 is 0 Å². The van der Waals surface area contributed by atoms with Gasteiger partial charge in [-0.3, -0.25) is 9.89 Å². The zero-order valence-corrected chi connectivity index (χ0v) is 15.2. The van der Waals surface area contributed by atoms with Crippen LogP contribution in [0.5, 0.6) is 0 Å². The number of hydrogen-bond donors (Lipinski definition) is 1. The van der Waals surface area contributed by atoms with Crippen molar-refractivity contribution >= 4 is 5.91 Å². The maximum Gasteiger partial charge on any atom is 0.275 e. The molecule has 4 nitrogen and oxygen atoms in total. The number of carbonyl (C=O) groups excluding carboxylic acids is 1. The highest BCUT2D eigenvalue weighted by Gasteiger charge is 2.35. The normalized spacial score (nSPS) is 16.8. The molecule has 0 aliphatic heterocycles. The van der Waals surface area contributed by atoms with Gasteiger partial charge in [0.15, 0.2) is 5.69 Å². The maximum atomic E-state index is 13.2. The van der Waals surface area contributed by atoms with Crippen molar-refractivity contribution in [3.05, 3.63) is 52.3 Å². The molecule has 0 unspecified atom stereocenters. The van der Waals surface area contributed by atoms with Crippen molar-refractivity contribution < 1.29 is 4.79 Å². The zero-order valence-electron chi connectivity index (χ0n) is 15.2. The van der Waals surface area contributed by atoms with E-state index in [-0.39, 0.29) is 5.91 Å². The number of fused-ring (bicyclic) bond motifs is 1. The summed E-state index contributed by atoms with van der Waals surface area (Å²) in [7, 11) is 0. The Bertz CT molecular complexity index is 756. The molecule has 1 saturated carbocycles. The summed E-state index contributed by atoms with van der Waals surface area (Å²) in [5.41, 5.74) is 5.55. The lowest BCUT2D eigenvalue weighted by molar-refractivity contribution is 0.0722. The number of benzene rings is 1. The molecule has 4 heteroatoms. The molecule has 0 bridgehead atoms. The van der Waals surface area contributed by atoms with Gasteiger partial charge in [-0.25, -0.2) is 0 Å². The number of carbonyl (C=O) groups is 1. The van der Waals surface area contributed by atoms with Gasteiger partial charge in [-0.1, -0.05) is 38.1 Å². The minimum atomic E-state index is 0.106. The second-order valence-electron chi connectivity index (χ2n) is 7.80. The van der Waals surface area contributed by atoms with E-state index in [1.54, 1.807) is 0 Å². The topological polar surface area (TPSA) is 49.0 Å². The Kier molecular flexibility index (Phi) is 4.36. The van der Waals surface area contributed by atoms with Crippen LogP contribution >= 0.6 is 0 Å². The van der Waals surface area contributed by atoms with E-state index in [9.17, 15) is 4.79 Å². The predicted molar refractivity (Wildman–Crippen MR) is 98.7 cm³/mol. The van der Waals surface area contributed by atoms with Gasteiger partial charge in [0.05, 0.1) is 0 Å². The van der Waals surface area contributed by atoms with Crippen molar-refractivity contribution in [2.45, 2.75) is 70.9 Å². The monoisotopic (exact) mass is 337 g/mol. The Balaban J connectivity index is 1.55. The Morgan fingerprint density at radius 2 is 1.92 bits per heavy atom. The number of nitrogens with zero attached hydrogens (tertiary/aromatic N) is 2. The largest absolute Gasteiger partial charge is 0.330 e. The van der Waals surface area contributed by atoms with Crippen LogP contribution in [0.1, 0.15) is 78.3 Å². The van der Waals surface area contributed by atoms with Gasteiger partial charge in [0.1, 0.15) is 0 Å². The van der Waals surface area contributed by atoms with Crippen molar-refractivity contribution in [1.82, 2.24) is 15.1 Å². The summed E-state index contributed by atoms with van der Waals surface area (Å²) < 4.78 is 0. The highest BCUT2D eigenvalue weighted by atomic mass is 16.2. The quantitative estimate of drug-likeness (QED) is 0.888. The third-order valence-electron chi connectivity index (χ3n) is 5.51. The van der Waals surface area contributed by atoms with Crippen LogP contribution in [-0.2, 0) is 19.4 Å². The summed E-state index contributed by atoms with van der Waals surface area (Å²) in [5, 5.41) is 7.50. The Morgan fingerprint density at radius 3 is 2.60 bits per heavy atom. The molecular weight excluding hydrogens is 310 g/mol. The Hall–Kier alpha value is -2.10. The van der Waals surface area contributed by atoms with E-state index in [1.165, 1.54) is 23.2 Å². The highest BCUT2D eigenvalue weighted by molar-refractivity contribution is 5.94. The molecule has 0 saturated heterocycles. The molecule has 1 aromatic carbocycles. The van der Waals surface area contributed by atoms with Crippen LogP contribution in [0.15, 0.2) is 24.3 Å². The lowest BCUT2D eigenvalue weighted by atomic mass is 9.95. The molecule has 132 valence electrons. The first kappa shape index (κ1) is 16.4. The molecule has 25 heavy (non-hydrogen) atoms. The first-order valence-electron chi connectivity index (χ1n) is 9.59. The molecule has 0 atom stereocenters. The fraction of sp³-hybridized carbons (Fsp3) is 0.524. The van der Waals surface area contributed by atoms with Crippen molar-refractivity contribution in [2.75, 3.05) is 0 Å². The van der Waals surface area contributed by atoms with Crippen molar-refractivity contribution in [2.24, 2.45) is 0 Å². The van der Waals surface area contributed by atoms with Crippen LogP contribution in [0, 0.1) is 0 Å². The molecule has 0 radical (unpaired) electrons. The maximum absolute atomic E-state index is 13.2. The summed E-state index contributed by atoms with van der Waals surface area (Å²) in [4.78, 5) is 15.2. The number of H-pyrrole nitrogens is 1. The van der Waals surface area contributed by atoms with E-state index in [4.69, 9.17) is 0 Å². The molecule has 1 aromatic heterocycles. The van der Waals surface area contributed by atoms with Crippen LogP contribution in [-0.4, -0.2) is 27.0 Å². The summed E-state index contributed by atoms with van der Waals surface area (Å²) in [5.74, 6) is 0.639. The van der Waals surface area contributed by atoms with Crippen LogP contribution in [0.4, 0.5) is 0 Å². The van der Waals surface area contributed by atoms with Crippen molar-refractivity contribution in [3.63, 3.8) is 0 Å². The average Bonchev–Trinajstić information content (AvgIpc) is 3.38. The van der Waals surface area contributed by atoms with Gasteiger partial charge in [-0.2, -0.15) is 5.10 Å². The molecular formula is C21H27N3O. The van der Waals surface area contributed by atoms with Crippen LogP contribution in [0.3, 0.4) is 0 Å². The minimum Gasteiger partial charge on any atom is -0.330 e. The van der Waals surface area contributed by atoms with Crippen molar-refractivity contribution in [1.29, 1.82) is 0 Å². The molecule has 1 N–H and O–H groups in total. The number of aryl methyl sites for hydroxylation is 1. The average molecular weight is 337 g/mol. The van der Waals surface area contributed by atoms with E-state index in [0.717, 1.165) is 37.7 Å². The molecule has 1 fully saturated rings. The fourth-order valence-electron chi connectivity index (χ4n) is 3.75. The molecule has 4 rings (SSSR count). The van der Waals surface area contributed by atoms with Crippen molar-refractivity contribution in [3.8, 4) is 0 Å². The summed E-state index contributed by atoms with van der Waals surface area (Å²) in [6, 6.07) is 9.08. The Morgan fingerprint density at radius 1 is 1.20 bits per heavy atom. The number of rotatable bonds is 5. The minimum absolute atomic E-state index is 0.106. The molecule has 2 aliphatic carbocycles. The summed E-state index contributed by atoms with van der Waals surface area (Å²) in [6.45, 7) is 5.09. The third kappa shape index (κ3) is 3.35. The van der Waals surface area contributed by atoms with Crippen LogP contribution in [0.25, 0.3) is 0 Å². The third-order valence-corrected chi connectivity index (χ3v) is 5.51. The first-order chi connectivity index (χ1) is 12.1. The van der Waals surface area contributed by atoms with Gasteiger partial charge < -0.3 is 4.90 Å². The van der Waals surface area contributed by atoms with Crippen LogP contribution in [0.2, 0.25) is 0 Å². The van der Waals surface area contributed by atoms with Gasteiger partial charge in [-0.15, -0.1) is 0 Å². The SMILES string of the molecule is CC(C)c1ccc(CN(C(=O)c2n[nH]c3c2CCCC3)C2CC2)cc1. The number of amides is 1. The number of aromatic amines is 1. The molecule has 0 spiro atoms. The molecule has 2 aromatic rings. The standard InChI is InChI=1S/C21H27N3O/c1-14(2)16-9-7-15(8-10-16)13-24(17-11-12-17)21(25)20-18-5-3-4-6-19(18)22-23-20/h7-10,14,17H,3-6,11-13H2,1-2H3,(H,22,23). The molecule has 2 aliphatic rings. The first-order valence-corrected chi connectivity index (χ1v) is 9.59. The highest BCUT2D eigenvalue weighted by Crippen LogP contribution is 2.31. The van der Waals surface area contributed by atoms with Crippen LogP contribution < -0.4 is 0 Å². The van der Waals surface area contributed by atoms with E-state index in [1.807, 2.05) is 4.90 Å². The summed E-state index contributed by atoms with van der Waals surface area (Å²) in [6.07, 6.45) is 6.58. The summed E-state index contributed by atoms with van der Waals surface area (Å²) >= 11 is 0. The predicted octanol–water partition coefficient (Wildman–Crippen LogP) is 4.22. The smallest absolute Gasteiger partial charge is 0.275 e. The van der Waals surface area contributed by atoms with E-state index in [0.29, 0.717) is 24.2 Å². The van der Waals surface area contributed by atoms with Gasteiger partial charge in [0.2, 0.25) is 0 Å².